The third-order valence-corrected chi connectivity index (χ3v) is 11.5. The lowest BCUT2D eigenvalue weighted by Crippen LogP contribution is -2.42. The van der Waals surface area contributed by atoms with Crippen LogP contribution >= 0.6 is 23.2 Å². The summed E-state index contributed by atoms with van der Waals surface area (Å²) in [6.45, 7) is 11.2. The Morgan fingerprint density at radius 3 is 2.56 bits per heavy atom. The molecule has 2 aliphatic rings. The molecule has 0 saturated carbocycles. The molecule has 266 valence electrons. The molecule has 5 heterocycles. The fourth-order valence-electron chi connectivity index (χ4n) is 7.80. The molecular formula is C40H40Cl2N8O2. The number of aromatic nitrogens is 7. The second-order valence-corrected chi connectivity index (χ2v) is 15.4. The van der Waals surface area contributed by atoms with Crippen molar-refractivity contribution in [2.24, 2.45) is 13.0 Å². The minimum atomic E-state index is -0.429. The van der Waals surface area contributed by atoms with E-state index < -0.39 is 4.87 Å². The fourth-order valence-corrected chi connectivity index (χ4v) is 8.18. The van der Waals surface area contributed by atoms with Crippen molar-refractivity contribution in [3.05, 3.63) is 101 Å². The van der Waals surface area contributed by atoms with Crippen LogP contribution in [-0.2, 0) is 18.2 Å². The molecule has 1 N–H and O–H groups in total. The molecular weight excluding hydrogens is 695 g/mol. The van der Waals surface area contributed by atoms with Gasteiger partial charge in [0.1, 0.15) is 24.1 Å². The number of aryl methyl sites for hydroxylation is 4. The molecule has 10 nitrogen and oxygen atoms in total. The third-order valence-electron chi connectivity index (χ3n) is 10.7. The van der Waals surface area contributed by atoms with E-state index in [1.807, 2.05) is 63.2 Å². The fraction of sp³-hybridized carbons (Fsp3) is 0.325. The largest absolute Gasteiger partial charge is 0.494 e. The molecule has 52 heavy (non-hydrogen) atoms. The Kier molecular flexibility index (Phi) is 8.50. The van der Waals surface area contributed by atoms with E-state index in [0.29, 0.717) is 42.5 Å². The van der Waals surface area contributed by atoms with E-state index in [2.05, 4.69) is 72.4 Å². The van der Waals surface area contributed by atoms with Crippen LogP contribution in [0.5, 0.6) is 0 Å². The van der Waals surface area contributed by atoms with Crippen molar-refractivity contribution in [2.45, 2.75) is 58.4 Å². The SMILES string of the molecule is Cc1ncnc(C)c1-c1c(Cl)ccc2c(CCCOC3=CC(C)C(C)(Cl)C=C3)c3n(c12)[C@H](C)CN(c1cn(C)c2ccc(-c4ncn[nH]4)cc12)C3=O. The lowest BCUT2D eigenvalue weighted by Gasteiger charge is -2.34. The summed E-state index contributed by atoms with van der Waals surface area (Å²) < 4.78 is 10.5. The Hall–Kier alpha value is -4.93. The van der Waals surface area contributed by atoms with E-state index in [4.69, 9.17) is 27.9 Å². The standard InChI is InChI=1S/C40H40Cl2N8O2/c1-22-16-27(13-14-40(22,5)42)52-15-7-8-28-29-10-11-31(41)35(34-24(3)43-20-44-25(34)4)36(29)50-23(2)18-49(39(51)37(28)50)33-19-48(6)32-12-9-26(17-30(32)33)38-45-21-46-47-38/h9-14,16-17,19-23H,7-8,15,18H2,1-6H3,(H,45,46,47)/t22?,23-,40?/m1/s1. The van der Waals surface area contributed by atoms with Gasteiger partial charge in [0.05, 0.1) is 27.7 Å². The van der Waals surface area contributed by atoms with Gasteiger partial charge in [-0.1, -0.05) is 30.7 Å². The van der Waals surface area contributed by atoms with Crippen molar-refractivity contribution in [3.8, 4) is 22.5 Å². The quantitative estimate of drug-likeness (QED) is 0.124. The summed E-state index contributed by atoms with van der Waals surface area (Å²) >= 11 is 13.7. The van der Waals surface area contributed by atoms with Gasteiger partial charge in [-0.15, -0.1) is 11.6 Å². The van der Waals surface area contributed by atoms with Crippen LogP contribution < -0.4 is 4.90 Å². The summed E-state index contributed by atoms with van der Waals surface area (Å²) in [7, 11) is 2.01. The number of anilines is 1. The summed E-state index contributed by atoms with van der Waals surface area (Å²) in [5, 5.41) is 9.55. The van der Waals surface area contributed by atoms with Crippen molar-refractivity contribution < 1.29 is 9.53 Å². The van der Waals surface area contributed by atoms with Gasteiger partial charge in [-0.3, -0.25) is 9.89 Å². The number of rotatable bonds is 8. The van der Waals surface area contributed by atoms with Crippen LogP contribution in [0.15, 0.2) is 73.2 Å². The predicted molar refractivity (Wildman–Crippen MR) is 207 cm³/mol. The number of carbonyl (C=O) groups is 1. The lowest BCUT2D eigenvalue weighted by atomic mass is 9.90. The smallest absolute Gasteiger partial charge is 0.275 e. The van der Waals surface area contributed by atoms with Crippen LogP contribution in [0.25, 0.3) is 44.3 Å². The van der Waals surface area contributed by atoms with E-state index >= 15 is 4.79 Å². The van der Waals surface area contributed by atoms with Crippen molar-refractivity contribution in [1.29, 1.82) is 0 Å². The maximum atomic E-state index is 15.1. The number of alkyl halides is 1. The molecule has 6 aromatic rings. The van der Waals surface area contributed by atoms with Gasteiger partial charge in [0.2, 0.25) is 0 Å². The van der Waals surface area contributed by atoms with Crippen molar-refractivity contribution in [1.82, 2.24) is 34.3 Å². The molecule has 0 saturated heterocycles. The Labute approximate surface area is 312 Å². The molecule has 0 radical (unpaired) electrons. The average Bonchev–Trinajstić information content (AvgIpc) is 3.84. The molecule has 1 aliphatic carbocycles. The Morgan fingerprint density at radius 1 is 1.04 bits per heavy atom. The summed E-state index contributed by atoms with van der Waals surface area (Å²) in [5.41, 5.74) is 8.73. The summed E-state index contributed by atoms with van der Waals surface area (Å²) in [6, 6.07) is 10.1. The van der Waals surface area contributed by atoms with Crippen molar-refractivity contribution >= 4 is 56.6 Å². The number of hydrogen-bond donors (Lipinski definition) is 1. The Bertz CT molecular complexity index is 2420. The van der Waals surface area contributed by atoms with Gasteiger partial charge in [0, 0.05) is 76.1 Å². The summed E-state index contributed by atoms with van der Waals surface area (Å²) in [6.07, 6.45) is 12.5. The van der Waals surface area contributed by atoms with Gasteiger partial charge in [-0.05, 0) is 82.5 Å². The molecule has 4 aromatic heterocycles. The first-order valence-electron chi connectivity index (χ1n) is 17.6. The van der Waals surface area contributed by atoms with Crippen LogP contribution in [0.4, 0.5) is 5.69 Å². The highest BCUT2D eigenvalue weighted by molar-refractivity contribution is 6.35. The van der Waals surface area contributed by atoms with Gasteiger partial charge in [0.25, 0.3) is 5.91 Å². The lowest BCUT2D eigenvalue weighted by molar-refractivity contribution is 0.0957. The van der Waals surface area contributed by atoms with Crippen LogP contribution in [-0.4, -0.2) is 58.2 Å². The van der Waals surface area contributed by atoms with E-state index in [0.717, 1.165) is 66.9 Å². The zero-order chi connectivity index (χ0) is 36.5. The molecule has 2 unspecified atom stereocenters. The number of ether oxygens (including phenoxy) is 1. The molecule has 0 spiro atoms. The highest BCUT2D eigenvalue weighted by Gasteiger charge is 2.37. The van der Waals surface area contributed by atoms with Crippen LogP contribution in [0.1, 0.15) is 60.7 Å². The van der Waals surface area contributed by atoms with Crippen LogP contribution in [0.3, 0.4) is 0 Å². The molecule has 1 amide bonds. The second-order valence-electron chi connectivity index (χ2n) is 14.2. The highest BCUT2D eigenvalue weighted by atomic mass is 35.5. The first-order chi connectivity index (χ1) is 24.9. The molecule has 8 rings (SSSR count). The monoisotopic (exact) mass is 734 g/mol. The average molecular weight is 736 g/mol. The van der Waals surface area contributed by atoms with Gasteiger partial charge < -0.3 is 18.8 Å². The number of H-pyrrole nitrogens is 1. The third kappa shape index (κ3) is 5.60. The van der Waals surface area contributed by atoms with E-state index in [1.54, 1.807) is 6.33 Å². The first kappa shape index (κ1) is 34.2. The molecule has 0 fully saturated rings. The Balaban J connectivity index is 1.25. The van der Waals surface area contributed by atoms with Gasteiger partial charge in [0.15, 0.2) is 5.82 Å². The van der Waals surface area contributed by atoms with Gasteiger partial charge >= 0.3 is 0 Å². The number of amides is 1. The maximum Gasteiger partial charge on any atom is 0.275 e. The minimum Gasteiger partial charge on any atom is -0.494 e. The molecule has 3 atom stereocenters. The summed E-state index contributed by atoms with van der Waals surface area (Å²) in [4.78, 5) is 30.1. The zero-order valence-electron chi connectivity index (χ0n) is 30.0. The van der Waals surface area contributed by atoms with Crippen LogP contribution in [0.2, 0.25) is 5.02 Å². The number of hydrogen-bond acceptors (Lipinski definition) is 6. The minimum absolute atomic E-state index is 0.0595. The number of allylic oxidation sites excluding steroid dienone is 3. The number of fused-ring (bicyclic) bond motifs is 4. The Morgan fingerprint density at radius 2 is 1.83 bits per heavy atom. The normalized spacial score (nSPS) is 20.2. The predicted octanol–water partition coefficient (Wildman–Crippen LogP) is 8.90. The van der Waals surface area contributed by atoms with E-state index in [9.17, 15) is 0 Å². The number of carbonyl (C=O) groups excluding carboxylic acids is 1. The number of nitrogens with zero attached hydrogens (tertiary/aromatic N) is 7. The maximum absolute atomic E-state index is 15.1. The number of benzene rings is 2. The van der Waals surface area contributed by atoms with Crippen molar-refractivity contribution in [3.63, 3.8) is 0 Å². The first-order valence-corrected chi connectivity index (χ1v) is 18.3. The second kappa shape index (κ2) is 12.9. The molecule has 12 heteroatoms. The number of halogens is 2. The highest BCUT2D eigenvalue weighted by Crippen LogP contribution is 2.45. The molecule has 1 aliphatic heterocycles. The van der Waals surface area contributed by atoms with Gasteiger partial charge in [-0.2, -0.15) is 5.10 Å². The number of nitrogens with one attached hydrogen (secondary N) is 1. The molecule has 2 aromatic carbocycles. The zero-order valence-corrected chi connectivity index (χ0v) is 31.5. The van der Waals surface area contributed by atoms with E-state index in [-0.39, 0.29) is 17.9 Å². The summed E-state index contributed by atoms with van der Waals surface area (Å²) in [5.74, 6) is 1.57. The van der Waals surface area contributed by atoms with Crippen LogP contribution in [0, 0.1) is 19.8 Å². The van der Waals surface area contributed by atoms with Gasteiger partial charge in [-0.25, -0.2) is 15.0 Å². The topological polar surface area (TPSA) is 107 Å². The number of aromatic amines is 1. The van der Waals surface area contributed by atoms with Crippen molar-refractivity contribution in [2.75, 3.05) is 18.1 Å². The van der Waals surface area contributed by atoms with E-state index in [1.165, 1.54) is 6.33 Å². The molecule has 0 bridgehead atoms.